The average Bonchev–Trinajstić information content (AvgIpc) is 2.65. The molecule has 1 atom stereocenters. The van der Waals surface area contributed by atoms with Crippen LogP contribution in [0.4, 0.5) is 0 Å². The topological polar surface area (TPSA) is 67.4 Å². The largest absolute Gasteiger partial charge is 0.481 e. The first kappa shape index (κ1) is 20.5. The number of benzene rings is 1. The van der Waals surface area contributed by atoms with Gasteiger partial charge in [0.1, 0.15) is 5.75 Å². The fourth-order valence-electron chi connectivity index (χ4n) is 6.21. The maximum atomic E-state index is 12.5. The van der Waals surface area contributed by atoms with Gasteiger partial charge in [0.15, 0.2) is 6.10 Å². The van der Waals surface area contributed by atoms with Crippen LogP contribution in [0.1, 0.15) is 51.9 Å². The lowest BCUT2D eigenvalue weighted by Gasteiger charge is -2.56. The van der Waals surface area contributed by atoms with Crippen LogP contribution in [0, 0.1) is 23.2 Å². The van der Waals surface area contributed by atoms with Crippen LogP contribution in [0.25, 0.3) is 0 Å². The highest BCUT2D eigenvalue weighted by atomic mass is 35.5. The molecule has 4 aliphatic rings. The number of amides is 2. The monoisotopic (exact) mass is 418 g/mol. The summed E-state index contributed by atoms with van der Waals surface area (Å²) >= 11 is 5.85. The number of hydrogen-bond acceptors (Lipinski definition) is 3. The summed E-state index contributed by atoms with van der Waals surface area (Å²) in [6.45, 7) is 2.56. The smallest absolute Gasteiger partial charge is 0.260 e. The van der Waals surface area contributed by atoms with E-state index in [9.17, 15) is 9.59 Å². The summed E-state index contributed by atoms with van der Waals surface area (Å²) in [6.07, 6.45) is 7.93. The van der Waals surface area contributed by atoms with Gasteiger partial charge in [0.2, 0.25) is 5.91 Å². The van der Waals surface area contributed by atoms with E-state index in [1.807, 2.05) is 0 Å². The van der Waals surface area contributed by atoms with Crippen molar-refractivity contribution in [2.45, 2.75) is 58.0 Å². The second-order valence-electron chi connectivity index (χ2n) is 9.45. The molecule has 0 aliphatic heterocycles. The zero-order valence-electron chi connectivity index (χ0n) is 17.1. The van der Waals surface area contributed by atoms with Crippen molar-refractivity contribution in [2.75, 3.05) is 13.1 Å². The second-order valence-corrected chi connectivity index (χ2v) is 9.89. The molecule has 0 aromatic heterocycles. The Kier molecular flexibility index (Phi) is 6.05. The molecule has 4 aliphatic carbocycles. The molecule has 158 valence electrons. The van der Waals surface area contributed by atoms with Crippen LogP contribution in [0.3, 0.4) is 0 Å². The van der Waals surface area contributed by atoms with Crippen LogP contribution >= 0.6 is 11.6 Å². The fourth-order valence-corrected chi connectivity index (χ4v) is 6.34. The van der Waals surface area contributed by atoms with Gasteiger partial charge in [0.05, 0.1) is 0 Å². The van der Waals surface area contributed by atoms with Crippen molar-refractivity contribution in [1.82, 2.24) is 10.6 Å². The maximum Gasteiger partial charge on any atom is 0.260 e. The molecular weight excluding hydrogens is 388 g/mol. The van der Waals surface area contributed by atoms with E-state index >= 15 is 0 Å². The normalized spacial score (nSPS) is 30.6. The standard InChI is InChI=1S/C23H31ClN2O3/c1-15(29-20-4-2-19(24)3-5-20)22(28)26-7-6-25-21(27)14-23-11-16-8-17(12-23)10-18(9-16)13-23/h2-5,15-18H,6-14H2,1H3,(H,25,27)(H,26,28). The molecule has 29 heavy (non-hydrogen) atoms. The van der Waals surface area contributed by atoms with E-state index in [1.165, 1.54) is 38.5 Å². The van der Waals surface area contributed by atoms with E-state index in [2.05, 4.69) is 10.6 Å². The van der Waals surface area contributed by atoms with Crippen LogP contribution in [0.5, 0.6) is 5.75 Å². The Morgan fingerprint density at radius 2 is 1.59 bits per heavy atom. The van der Waals surface area contributed by atoms with E-state index in [1.54, 1.807) is 31.2 Å². The van der Waals surface area contributed by atoms with Gasteiger partial charge in [-0.2, -0.15) is 0 Å². The van der Waals surface area contributed by atoms with E-state index < -0.39 is 6.10 Å². The summed E-state index contributed by atoms with van der Waals surface area (Å²) in [5.41, 5.74) is 0.253. The van der Waals surface area contributed by atoms with Crippen molar-refractivity contribution >= 4 is 23.4 Å². The Morgan fingerprint density at radius 1 is 1.03 bits per heavy atom. The number of nitrogens with one attached hydrogen (secondary N) is 2. The van der Waals surface area contributed by atoms with E-state index in [0.717, 1.165) is 17.8 Å². The van der Waals surface area contributed by atoms with Gasteiger partial charge in [-0.05, 0) is 92.9 Å². The van der Waals surface area contributed by atoms with Gasteiger partial charge >= 0.3 is 0 Å². The molecule has 2 N–H and O–H groups in total. The van der Waals surface area contributed by atoms with Crippen molar-refractivity contribution in [3.8, 4) is 5.75 Å². The molecule has 6 heteroatoms. The van der Waals surface area contributed by atoms with Gasteiger partial charge in [-0.1, -0.05) is 11.6 Å². The van der Waals surface area contributed by atoms with E-state index in [4.69, 9.17) is 16.3 Å². The highest BCUT2D eigenvalue weighted by molar-refractivity contribution is 6.30. The maximum absolute atomic E-state index is 12.5. The summed E-state index contributed by atoms with van der Waals surface area (Å²) < 4.78 is 5.61. The quantitative estimate of drug-likeness (QED) is 0.628. The molecule has 0 heterocycles. The summed E-state index contributed by atoms with van der Waals surface area (Å²) in [4.78, 5) is 24.7. The van der Waals surface area contributed by atoms with Crippen LogP contribution < -0.4 is 15.4 Å². The Morgan fingerprint density at radius 3 is 2.17 bits per heavy atom. The fraction of sp³-hybridized carbons (Fsp3) is 0.652. The molecule has 1 aromatic rings. The third-order valence-electron chi connectivity index (χ3n) is 6.94. The average molecular weight is 419 g/mol. The van der Waals surface area contributed by atoms with Gasteiger partial charge < -0.3 is 15.4 Å². The Labute approximate surface area is 177 Å². The molecule has 0 spiro atoms. The number of halogens is 1. The first-order valence-electron chi connectivity index (χ1n) is 10.9. The van der Waals surface area contributed by atoms with Gasteiger partial charge in [0, 0.05) is 24.5 Å². The summed E-state index contributed by atoms with van der Waals surface area (Å²) in [5, 5.41) is 6.45. The molecule has 0 radical (unpaired) electrons. The minimum Gasteiger partial charge on any atom is -0.481 e. The lowest BCUT2D eigenvalue weighted by Crippen LogP contribution is -2.48. The van der Waals surface area contributed by atoms with Crippen molar-refractivity contribution in [3.05, 3.63) is 29.3 Å². The lowest BCUT2D eigenvalue weighted by atomic mass is 9.49. The molecule has 1 aromatic carbocycles. The highest BCUT2D eigenvalue weighted by Gasteiger charge is 2.51. The SMILES string of the molecule is CC(Oc1ccc(Cl)cc1)C(=O)NCCNC(=O)CC12CC3CC(CC(C3)C1)C2. The minimum absolute atomic E-state index is 0.131. The number of rotatable bonds is 8. The summed E-state index contributed by atoms with van der Waals surface area (Å²) in [7, 11) is 0. The third kappa shape index (κ3) is 5.06. The number of hydrogen-bond donors (Lipinski definition) is 2. The first-order chi connectivity index (χ1) is 13.9. The summed E-state index contributed by atoms with van der Waals surface area (Å²) in [6, 6.07) is 6.91. The van der Waals surface area contributed by atoms with Crippen molar-refractivity contribution in [3.63, 3.8) is 0 Å². The zero-order chi connectivity index (χ0) is 20.4. The molecule has 0 saturated heterocycles. The van der Waals surface area contributed by atoms with Crippen LogP contribution in [-0.4, -0.2) is 31.0 Å². The Bertz CT molecular complexity index is 714. The molecule has 5 nitrogen and oxygen atoms in total. The third-order valence-corrected chi connectivity index (χ3v) is 7.19. The Balaban J connectivity index is 1.15. The Hall–Kier alpha value is -1.75. The number of ether oxygens (including phenoxy) is 1. The van der Waals surface area contributed by atoms with Crippen LogP contribution in [-0.2, 0) is 9.59 Å². The van der Waals surface area contributed by atoms with Crippen molar-refractivity contribution in [1.29, 1.82) is 0 Å². The van der Waals surface area contributed by atoms with Gasteiger partial charge in [-0.25, -0.2) is 0 Å². The molecule has 4 fully saturated rings. The van der Waals surface area contributed by atoms with Gasteiger partial charge in [0.25, 0.3) is 5.91 Å². The zero-order valence-corrected chi connectivity index (χ0v) is 17.8. The second kappa shape index (κ2) is 8.55. The lowest BCUT2D eigenvalue weighted by molar-refractivity contribution is -0.130. The molecule has 4 saturated carbocycles. The molecular formula is C23H31ClN2O3. The predicted molar refractivity (Wildman–Crippen MR) is 113 cm³/mol. The van der Waals surface area contributed by atoms with E-state index in [0.29, 0.717) is 30.3 Å². The van der Waals surface area contributed by atoms with Gasteiger partial charge in [-0.15, -0.1) is 0 Å². The number of carbonyl (C=O) groups is 2. The molecule has 5 rings (SSSR count). The van der Waals surface area contributed by atoms with E-state index in [-0.39, 0.29) is 17.2 Å². The summed E-state index contributed by atoms with van der Waals surface area (Å²) in [5.74, 6) is 3.10. The van der Waals surface area contributed by atoms with Gasteiger partial charge in [-0.3, -0.25) is 9.59 Å². The molecule has 4 bridgehead atoms. The molecule has 2 amide bonds. The molecule has 1 unspecified atom stereocenters. The van der Waals surface area contributed by atoms with Crippen molar-refractivity contribution in [2.24, 2.45) is 23.2 Å². The predicted octanol–water partition coefficient (Wildman–Crippen LogP) is 3.95. The number of carbonyl (C=O) groups excluding carboxylic acids is 2. The highest BCUT2D eigenvalue weighted by Crippen LogP contribution is 2.61. The van der Waals surface area contributed by atoms with Crippen LogP contribution in [0.15, 0.2) is 24.3 Å². The first-order valence-corrected chi connectivity index (χ1v) is 11.3. The minimum atomic E-state index is -0.612. The van der Waals surface area contributed by atoms with Crippen molar-refractivity contribution < 1.29 is 14.3 Å². The van der Waals surface area contributed by atoms with Crippen LogP contribution in [0.2, 0.25) is 5.02 Å².